The number of carbonyl (C=O) groups is 1. The number of esters is 1. The minimum absolute atomic E-state index is 0.0265. The molecule has 9 nitrogen and oxygen atoms in total. The summed E-state index contributed by atoms with van der Waals surface area (Å²) < 4.78 is 55.3. The summed E-state index contributed by atoms with van der Waals surface area (Å²) in [5.41, 5.74) is 0. The lowest BCUT2D eigenvalue weighted by molar-refractivity contribution is -0.287. The molecule has 0 bridgehead atoms. The minimum atomic E-state index is -4.20. The molecule has 11 heteroatoms. The zero-order valence-electron chi connectivity index (χ0n) is 20.4. The van der Waals surface area contributed by atoms with E-state index in [0.29, 0.717) is 5.75 Å². The van der Waals surface area contributed by atoms with E-state index in [9.17, 15) is 18.3 Å². The predicted octanol–water partition coefficient (Wildman–Crippen LogP) is 3.82. The number of ether oxygens (including phenoxy) is 4. The molecule has 1 aliphatic heterocycles. The van der Waals surface area contributed by atoms with Crippen LogP contribution in [0.25, 0.3) is 10.8 Å². The number of aliphatic hydroxyl groups excluding tert-OH is 1. The van der Waals surface area contributed by atoms with Crippen molar-refractivity contribution in [3.8, 4) is 5.75 Å². The molecular formula is C27H27IO9S. The highest BCUT2D eigenvalue weighted by molar-refractivity contribution is 14.1. The number of hydrogen-bond donors (Lipinski definition) is 1. The molecule has 1 aliphatic rings. The molecule has 3 aromatic carbocycles. The third-order valence-electron chi connectivity index (χ3n) is 5.79. The molecule has 1 N–H and O–H groups in total. The summed E-state index contributed by atoms with van der Waals surface area (Å²) >= 11 is 2.15. The second-order valence-electron chi connectivity index (χ2n) is 8.51. The fraction of sp³-hybridized carbons (Fsp3) is 0.296. The first-order valence-electron chi connectivity index (χ1n) is 11.7. The van der Waals surface area contributed by atoms with Crippen molar-refractivity contribution in [1.29, 1.82) is 0 Å². The van der Waals surface area contributed by atoms with Crippen LogP contribution in [-0.2, 0) is 33.3 Å². The number of carbonyl (C=O) groups excluding carboxylic acids is 1. The van der Waals surface area contributed by atoms with Crippen molar-refractivity contribution in [2.24, 2.45) is 0 Å². The van der Waals surface area contributed by atoms with E-state index in [0.717, 1.165) is 14.3 Å². The van der Waals surface area contributed by atoms with Gasteiger partial charge in [0.15, 0.2) is 6.10 Å². The lowest BCUT2D eigenvalue weighted by Gasteiger charge is -2.43. The Bertz CT molecular complexity index is 1380. The molecule has 0 spiro atoms. The zero-order valence-corrected chi connectivity index (χ0v) is 23.4. The lowest BCUT2D eigenvalue weighted by atomic mass is 9.98. The van der Waals surface area contributed by atoms with Gasteiger partial charge in [-0.05, 0) is 69.8 Å². The Hall–Kier alpha value is -2.55. The quantitative estimate of drug-likeness (QED) is 0.151. The number of hydrogen-bond acceptors (Lipinski definition) is 9. The minimum Gasteiger partial charge on any atom is -0.461 e. The molecule has 0 amide bonds. The zero-order chi connectivity index (χ0) is 27.3. The van der Waals surface area contributed by atoms with Crippen LogP contribution in [0.1, 0.15) is 6.92 Å². The Labute approximate surface area is 234 Å². The first-order valence-corrected chi connectivity index (χ1v) is 14.2. The van der Waals surface area contributed by atoms with Gasteiger partial charge in [0.2, 0.25) is 6.29 Å². The average Bonchev–Trinajstić information content (AvgIpc) is 2.90. The van der Waals surface area contributed by atoms with Gasteiger partial charge < -0.3 is 24.1 Å². The van der Waals surface area contributed by atoms with E-state index in [4.69, 9.17) is 23.1 Å². The van der Waals surface area contributed by atoms with Gasteiger partial charge in [-0.1, -0.05) is 36.4 Å². The fourth-order valence-corrected chi connectivity index (χ4v) is 5.32. The van der Waals surface area contributed by atoms with Crippen LogP contribution >= 0.6 is 22.6 Å². The number of benzene rings is 3. The normalized spacial score (nSPS) is 23.6. The number of aliphatic hydroxyl groups is 1. The van der Waals surface area contributed by atoms with E-state index in [1.54, 1.807) is 24.3 Å². The maximum atomic E-state index is 13.0. The molecule has 0 radical (unpaired) electrons. The molecule has 4 rings (SSSR count). The van der Waals surface area contributed by atoms with Crippen LogP contribution in [0.2, 0.25) is 0 Å². The van der Waals surface area contributed by atoms with Crippen LogP contribution in [0.3, 0.4) is 0 Å². The molecule has 0 saturated carbocycles. The van der Waals surface area contributed by atoms with Crippen LogP contribution in [0.4, 0.5) is 0 Å². The molecule has 5 atom stereocenters. The van der Waals surface area contributed by atoms with Gasteiger partial charge in [-0.25, -0.2) is 0 Å². The van der Waals surface area contributed by atoms with E-state index in [-0.39, 0.29) is 11.5 Å². The van der Waals surface area contributed by atoms with Crippen LogP contribution in [0.15, 0.2) is 84.3 Å². The van der Waals surface area contributed by atoms with Crippen molar-refractivity contribution in [2.75, 3.05) is 13.2 Å². The van der Waals surface area contributed by atoms with Crippen molar-refractivity contribution >= 4 is 49.5 Å². The average molecular weight is 654 g/mol. The van der Waals surface area contributed by atoms with Crippen molar-refractivity contribution in [3.05, 3.63) is 83.0 Å². The molecule has 1 saturated heterocycles. The van der Waals surface area contributed by atoms with Crippen LogP contribution in [0, 0.1) is 3.57 Å². The second-order valence-corrected chi connectivity index (χ2v) is 11.4. The van der Waals surface area contributed by atoms with Gasteiger partial charge in [0.25, 0.3) is 10.1 Å². The number of fused-ring (bicyclic) bond motifs is 1. The maximum absolute atomic E-state index is 13.0. The van der Waals surface area contributed by atoms with E-state index in [1.807, 2.05) is 30.3 Å². The van der Waals surface area contributed by atoms with E-state index in [2.05, 4.69) is 29.2 Å². The SMILES string of the molecule is C=CCO[C@H]1[C@H](O)[C@@H](COS(=O)(=O)c2ccc3ccccc3c2)O[C@@H](Oc2ccc(I)cc2)[C@@H]1OC(C)=O. The monoisotopic (exact) mass is 654 g/mol. The van der Waals surface area contributed by atoms with Crippen LogP contribution < -0.4 is 4.74 Å². The molecule has 3 aromatic rings. The van der Waals surface area contributed by atoms with Crippen LogP contribution in [0.5, 0.6) is 5.75 Å². The standard InChI is InChI=1S/C27H27IO9S/c1-3-14-33-25-24(30)23(16-34-38(31,32)22-13-8-18-6-4-5-7-19(18)15-22)37-27(26(25)35-17(2)29)36-21-11-9-20(28)10-12-21/h3-13,15,23-27,30H,1,14,16H2,2H3/t23-,24-,25+,26-,27-/m1/s1. The number of halogens is 1. The molecule has 0 aromatic heterocycles. The van der Waals surface area contributed by atoms with Gasteiger partial charge in [-0.15, -0.1) is 6.58 Å². The third kappa shape index (κ3) is 6.90. The maximum Gasteiger partial charge on any atom is 0.303 e. The molecule has 1 heterocycles. The third-order valence-corrected chi connectivity index (χ3v) is 7.79. The highest BCUT2D eigenvalue weighted by Gasteiger charge is 2.49. The summed E-state index contributed by atoms with van der Waals surface area (Å²) in [4.78, 5) is 11.8. The van der Waals surface area contributed by atoms with E-state index >= 15 is 0 Å². The summed E-state index contributed by atoms with van der Waals surface area (Å²) in [6.45, 7) is 4.31. The smallest absolute Gasteiger partial charge is 0.303 e. The predicted molar refractivity (Wildman–Crippen MR) is 147 cm³/mol. The van der Waals surface area contributed by atoms with Crippen molar-refractivity contribution < 1.29 is 41.4 Å². The van der Waals surface area contributed by atoms with Crippen molar-refractivity contribution in [1.82, 2.24) is 0 Å². The Kier molecular flexibility index (Phi) is 9.39. The summed E-state index contributed by atoms with van der Waals surface area (Å²) in [6, 6.07) is 19.0. The van der Waals surface area contributed by atoms with E-state index < -0.39 is 53.4 Å². The first kappa shape index (κ1) is 28.5. The fourth-order valence-electron chi connectivity index (χ4n) is 4.01. The molecule has 0 aliphatic carbocycles. The topological polar surface area (TPSA) is 118 Å². The molecule has 0 unspecified atom stereocenters. The Balaban J connectivity index is 1.57. The number of rotatable bonds is 10. The Morgan fingerprint density at radius 2 is 1.79 bits per heavy atom. The highest BCUT2D eigenvalue weighted by atomic mass is 127. The van der Waals surface area contributed by atoms with Crippen molar-refractivity contribution in [2.45, 2.75) is 42.5 Å². The Morgan fingerprint density at radius 1 is 1.08 bits per heavy atom. The summed E-state index contributed by atoms with van der Waals surface area (Å²) in [5, 5.41) is 12.7. The second kappa shape index (κ2) is 12.5. The first-order chi connectivity index (χ1) is 18.2. The van der Waals surface area contributed by atoms with Gasteiger partial charge in [0.1, 0.15) is 24.1 Å². The highest BCUT2D eigenvalue weighted by Crippen LogP contribution is 2.30. The molecular weight excluding hydrogens is 627 g/mol. The summed E-state index contributed by atoms with van der Waals surface area (Å²) in [6.07, 6.45) is -4.64. The largest absolute Gasteiger partial charge is 0.461 e. The van der Waals surface area contributed by atoms with Gasteiger partial charge in [-0.2, -0.15) is 8.42 Å². The van der Waals surface area contributed by atoms with Crippen molar-refractivity contribution in [3.63, 3.8) is 0 Å². The molecule has 38 heavy (non-hydrogen) atoms. The summed E-state index contributed by atoms with van der Waals surface area (Å²) in [7, 11) is -4.20. The summed E-state index contributed by atoms with van der Waals surface area (Å²) in [5.74, 6) is -0.224. The van der Waals surface area contributed by atoms with Gasteiger partial charge in [-0.3, -0.25) is 8.98 Å². The Morgan fingerprint density at radius 3 is 2.47 bits per heavy atom. The lowest BCUT2D eigenvalue weighted by Crippen LogP contribution is -2.62. The van der Waals surface area contributed by atoms with Gasteiger partial charge >= 0.3 is 5.97 Å². The van der Waals surface area contributed by atoms with Crippen LogP contribution in [-0.4, -0.2) is 63.4 Å². The van der Waals surface area contributed by atoms with E-state index in [1.165, 1.54) is 25.1 Å². The van der Waals surface area contributed by atoms with Gasteiger partial charge in [0.05, 0.1) is 18.1 Å². The molecule has 1 fully saturated rings. The van der Waals surface area contributed by atoms with Gasteiger partial charge in [0, 0.05) is 10.5 Å². The molecule has 202 valence electrons.